The Morgan fingerprint density at radius 3 is 2.72 bits per heavy atom. The van der Waals surface area contributed by atoms with Gasteiger partial charge in [0.1, 0.15) is 16.3 Å². The molecule has 1 aromatic carbocycles. The van der Waals surface area contributed by atoms with Crippen molar-refractivity contribution < 1.29 is 28.1 Å². The van der Waals surface area contributed by atoms with E-state index in [2.05, 4.69) is 15.9 Å². The van der Waals surface area contributed by atoms with Crippen LogP contribution in [0.4, 0.5) is 10.5 Å². The largest absolute Gasteiger partial charge is 0.466 e. The van der Waals surface area contributed by atoms with Gasteiger partial charge < -0.3 is 25.3 Å². The number of hydrogen-bond donors (Lipinski definition) is 3. The second-order valence-electron chi connectivity index (χ2n) is 8.03. The van der Waals surface area contributed by atoms with E-state index in [1.807, 2.05) is 0 Å². The van der Waals surface area contributed by atoms with Crippen LogP contribution < -0.4 is 15.8 Å². The number of carbonyl (C=O) groups excluding carboxylic acids is 1. The predicted molar refractivity (Wildman–Crippen MR) is 120 cm³/mol. The Morgan fingerprint density at radius 1 is 1.41 bits per heavy atom. The molecule has 0 saturated heterocycles. The van der Waals surface area contributed by atoms with Gasteiger partial charge in [-0.3, -0.25) is 10.1 Å². The molecule has 0 bridgehead atoms. The van der Waals surface area contributed by atoms with Crippen LogP contribution in [-0.2, 0) is 23.9 Å². The lowest BCUT2D eigenvalue weighted by Crippen LogP contribution is -2.49. The van der Waals surface area contributed by atoms with E-state index in [1.54, 1.807) is 32.9 Å². The van der Waals surface area contributed by atoms with Gasteiger partial charge in [0.15, 0.2) is 0 Å². The van der Waals surface area contributed by atoms with Crippen LogP contribution in [0.3, 0.4) is 0 Å². The average molecular weight is 471 g/mol. The fraction of sp³-hybridized carbons (Fsp3) is 0.500. The number of para-hydroxylation sites is 1. The number of amides is 1. The summed E-state index contributed by atoms with van der Waals surface area (Å²) < 4.78 is 32.4. The number of benzene rings is 1. The summed E-state index contributed by atoms with van der Waals surface area (Å²) in [6, 6.07) is 5.17. The first-order chi connectivity index (χ1) is 14.9. The Hall–Kier alpha value is -2.67. The molecule has 0 spiro atoms. The van der Waals surface area contributed by atoms with Crippen molar-refractivity contribution in [3.63, 3.8) is 0 Å². The van der Waals surface area contributed by atoms with Crippen LogP contribution in [0.25, 0.3) is 0 Å². The lowest BCUT2D eigenvalue weighted by Gasteiger charge is -2.33. The minimum absolute atomic E-state index is 0.0122. The first-order valence-corrected chi connectivity index (χ1v) is 11.7. The summed E-state index contributed by atoms with van der Waals surface area (Å²) in [5, 5.41) is 14.0. The molecule has 0 aromatic heterocycles. The molecule has 32 heavy (non-hydrogen) atoms. The molecule has 3 atom stereocenters. The monoisotopic (exact) mass is 470 g/mol. The van der Waals surface area contributed by atoms with E-state index in [4.69, 9.17) is 19.9 Å². The molecule has 4 N–H and O–H groups in total. The first kappa shape index (κ1) is 25.6. The number of carbonyl (C=O) groups is 1. The maximum atomic E-state index is 13.0. The van der Waals surface area contributed by atoms with Crippen molar-refractivity contribution in [1.29, 1.82) is 0 Å². The quantitative estimate of drug-likeness (QED) is 0.280. The lowest BCUT2D eigenvalue weighted by molar-refractivity contribution is -0.387. The fourth-order valence-corrected chi connectivity index (χ4v) is 4.15. The van der Waals surface area contributed by atoms with Crippen molar-refractivity contribution >= 4 is 27.4 Å². The summed E-state index contributed by atoms with van der Waals surface area (Å²) in [4.78, 5) is 22.7. The normalized spacial score (nSPS) is 20.4. The minimum Gasteiger partial charge on any atom is -0.466 e. The molecule has 12 heteroatoms. The lowest BCUT2D eigenvalue weighted by atomic mass is 10.1. The highest BCUT2D eigenvalue weighted by molar-refractivity contribution is 7.98. The summed E-state index contributed by atoms with van der Waals surface area (Å²) in [5.41, 5.74) is 4.56. The third kappa shape index (κ3) is 7.48. The average Bonchev–Trinajstić information content (AvgIpc) is 2.70. The molecular weight excluding hydrogens is 440 g/mol. The Balaban J connectivity index is 2.08. The highest BCUT2D eigenvalue weighted by Crippen LogP contribution is 2.24. The number of nitrogens with one attached hydrogen (secondary N) is 2. The number of nitrogens with two attached hydrogens (primary N) is 1. The Morgan fingerprint density at radius 2 is 2.09 bits per heavy atom. The number of hydrogen-bond acceptors (Lipinski definition) is 8. The van der Waals surface area contributed by atoms with E-state index < -0.39 is 38.7 Å². The molecule has 1 aliphatic rings. The van der Waals surface area contributed by atoms with E-state index >= 15 is 0 Å². The van der Waals surface area contributed by atoms with E-state index in [-0.39, 0.29) is 30.3 Å². The van der Waals surface area contributed by atoms with Crippen molar-refractivity contribution in [3.05, 3.63) is 46.2 Å². The number of alkyl carbamates (subject to hydrolysis) is 1. The highest BCUT2D eigenvalue weighted by Gasteiger charge is 2.31. The minimum atomic E-state index is -3.19. The van der Waals surface area contributed by atoms with Gasteiger partial charge in [0, 0.05) is 12.6 Å². The van der Waals surface area contributed by atoms with Crippen molar-refractivity contribution in [3.8, 4) is 0 Å². The molecule has 1 aromatic rings. The second kappa shape index (κ2) is 10.8. The van der Waals surface area contributed by atoms with Crippen LogP contribution in [0.5, 0.6) is 0 Å². The molecule has 1 heterocycles. The maximum Gasteiger partial charge on any atom is 0.408 e. The van der Waals surface area contributed by atoms with Gasteiger partial charge in [-0.25, -0.2) is 13.7 Å². The second-order valence-corrected chi connectivity index (χ2v) is 10.1. The molecule has 2 rings (SSSR count). The molecular formula is C20H30N4O7S. The van der Waals surface area contributed by atoms with E-state index in [0.717, 1.165) is 0 Å². The predicted octanol–water partition coefficient (Wildman–Crippen LogP) is 1.67. The van der Waals surface area contributed by atoms with Gasteiger partial charge in [-0.05, 0) is 45.2 Å². The van der Waals surface area contributed by atoms with Gasteiger partial charge in [0.05, 0.1) is 33.8 Å². The number of nitro groups is 1. The van der Waals surface area contributed by atoms with Crippen molar-refractivity contribution in [2.75, 3.05) is 19.7 Å². The van der Waals surface area contributed by atoms with E-state index in [0.29, 0.717) is 12.2 Å². The summed E-state index contributed by atoms with van der Waals surface area (Å²) in [6.45, 7) is 5.69. The van der Waals surface area contributed by atoms with Gasteiger partial charge in [-0.2, -0.15) is 0 Å². The number of nitrogens with zero attached hydrogens (tertiary/aromatic N) is 1. The summed E-state index contributed by atoms with van der Waals surface area (Å²) >= 11 is 0. The van der Waals surface area contributed by atoms with Gasteiger partial charge in [-0.15, -0.1) is 0 Å². The molecule has 0 radical (unpaired) electrons. The molecule has 1 amide bonds. The Kier molecular flexibility index (Phi) is 8.61. The van der Waals surface area contributed by atoms with Crippen molar-refractivity contribution in [1.82, 2.24) is 10.0 Å². The number of ether oxygens (including phenoxy) is 3. The highest BCUT2D eigenvalue weighted by atomic mass is 32.2. The molecule has 1 aliphatic heterocycles. The van der Waals surface area contributed by atoms with Crippen LogP contribution >= 0.6 is 0 Å². The third-order valence-electron chi connectivity index (χ3n) is 4.19. The third-order valence-corrected chi connectivity index (χ3v) is 5.86. The van der Waals surface area contributed by atoms with Gasteiger partial charge in [-0.1, -0.05) is 12.1 Å². The summed E-state index contributed by atoms with van der Waals surface area (Å²) in [6.07, 6.45) is 0.598. The zero-order chi connectivity index (χ0) is 23.9. The summed E-state index contributed by atoms with van der Waals surface area (Å²) in [7, 11) is -3.19. The van der Waals surface area contributed by atoms with Crippen molar-refractivity contribution in [2.24, 2.45) is 5.73 Å². The van der Waals surface area contributed by atoms with Gasteiger partial charge in [0.25, 0.3) is 5.69 Å². The van der Waals surface area contributed by atoms with Crippen LogP contribution in [0, 0.1) is 10.1 Å². The SMILES string of the molecule is C=S(=O)(NCC1=CC[C@@H](NC(=O)OC(C)(C)C)[C@@H](OCCN)O1)c1ccccc1[N+](=O)[O-]. The van der Waals surface area contributed by atoms with Crippen LogP contribution in [0.15, 0.2) is 41.0 Å². The standard InChI is InChI=1S/C20H30N4O7S/c1-20(2,3)31-19(25)23-15-10-9-14(30-18(15)29-12-11-21)13-22-32(4,28)17-8-6-5-7-16(17)24(26)27/h5-9,15,18H,4,10-13,21H2,1-3H3,(H,22,28)(H,23,25)/t15-,18+,32?/m1/s1. The fourth-order valence-electron chi connectivity index (χ4n) is 2.84. The maximum absolute atomic E-state index is 13.0. The summed E-state index contributed by atoms with van der Waals surface area (Å²) in [5.74, 6) is 4.03. The molecule has 0 aliphatic carbocycles. The topological polar surface area (TPSA) is 155 Å². The van der Waals surface area contributed by atoms with Gasteiger partial charge >= 0.3 is 6.09 Å². The van der Waals surface area contributed by atoms with Crippen LogP contribution in [0.2, 0.25) is 0 Å². The molecule has 178 valence electrons. The molecule has 11 nitrogen and oxygen atoms in total. The van der Waals surface area contributed by atoms with E-state index in [9.17, 15) is 19.1 Å². The number of nitro benzene ring substituents is 1. The Bertz CT molecular complexity index is 957. The Labute approximate surface area is 187 Å². The first-order valence-electron chi connectivity index (χ1n) is 9.95. The number of rotatable bonds is 9. The van der Waals surface area contributed by atoms with E-state index in [1.165, 1.54) is 18.2 Å². The zero-order valence-corrected chi connectivity index (χ0v) is 19.2. The van der Waals surface area contributed by atoms with Gasteiger partial charge in [0.2, 0.25) is 6.29 Å². The molecule has 0 fully saturated rings. The zero-order valence-electron chi connectivity index (χ0n) is 18.4. The smallest absolute Gasteiger partial charge is 0.408 e. The molecule has 0 saturated carbocycles. The van der Waals surface area contributed by atoms with Crippen LogP contribution in [-0.4, -0.2) is 58.7 Å². The molecule has 1 unspecified atom stereocenters. The van der Waals surface area contributed by atoms with Crippen LogP contribution in [0.1, 0.15) is 27.2 Å². The van der Waals surface area contributed by atoms with Crippen molar-refractivity contribution in [2.45, 2.75) is 50.0 Å².